The van der Waals surface area contributed by atoms with Gasteiger partial charge in [0.15, 0.2) is 0 Å². The van der Waals surface area contributed by atoms with E-state index in [1.807, 2.05) is 6.07 Å². The van der Waals surface area contributed by atoms with Crippen molar-refractivity contribution in [2.24, 2.45) is 5.73 Å². The van der Waals surface area contributed by atoms with Gasteiger partial charge in [-0.15, -0.1) is 0 Å². The molecule has 1 saturated heterocycles. The van der Waals surface area contributed by atoms with Crippen LogP contribution in [0.15, 0.2) is 18.2 Å². The molecule has 0 radical (unpaired) electrons. The van der Waals surface area contributed by atoms with Crippen LogP contribution in [0.4, 0.5) is 4.39 Å². The average Bonchev–Trinajstić information content (AvgIpc) is 2.60. The molecule has 1 aliphatic rings. The normalized spacial score (nSPS) is 20.2. The summed E-state index contributed by atoms with van der Waals surface area (Å²) >= 11 is 5.73. The number of likely N-dealkylation sites (N-methyl/N-ethyl adjacent to an activating group) is 1. The molecule has 1 aromatic rings. The molecule has 0 spiro atoms. The molecule has 0 amide bonds. The maximum Gasteiger partial charge on any atom is 0.142 e. The summed E-state index contributed by atoms with van der Waals surface area (Å²) in [7, 11) is 2.13. The molecule has 1 atom stereocenters. The van der Waals surface area contributed by atoms with E-state index in [0.717, 1.165) is 38.2 Å². The quantitative estimate of drug-likeness (QED) is 0.923. The zero-order valence-corrected chi connectivity index (χ0v) is 12.0. The largest absolute Gasteiger partial charge is 0.329 e. The first kappa shape index (κ1) is 14.7. The Kier molecular flexibility index (Phi) is 5.16. The van der Waals surface area contributed by atoms with Crippen molar-refractivity contribution in [2.75, 3.05) is 39.8 Å². The van der Waals surface area contributed by atoms with Crippen molar-refractivity contribution in [1.82, 2.24) is 9.80 Å². The highest BCUT2D eigenvalue weighted by Crippen LogP contribution is 2.24. The average molecular weight is 286 g/mol. The lowest BCUT2D eigenvalue weighted by Gasteiger charge is -2.30. The summed E-state index contributed by atoms with van der Waals surface area (Å²) in [5.41, 5.74) is 6.81. The Labute approximate surface area is 119 Å². The lowest BCUT2D eigenvalue weighted by Crippen LogP contribution is -2.36. The van der Waals surface area contributed by atoms with Gasteiger partial charge < -0.3 is 10.6 Å². The number of benzene rings is 1. The molecule has 19 heavy (non-hydrogen) atoms. The van der Waals surface area contributed by atoms with Crippen molar-refractivity contribution in [1.29, 1.82) is 0 Å². The Bertz CT molecular complexity index is 427. The monoisotopic (exact) mass is 285 g/mol. The van der Waals surface area contributed by atoms with E-state index in [1.165, 1.54) is 6.07 Å². The van der Waals surface area contributed by atoms with Crippen LogP contribution in [-0.4, -0.2) is 49.6 Å². The van der Waals surface area contributed by atoms with E-state index >= 15 is 0 Å². The van der Waals surface area contributed by atoms with Gasteiger partial charge in [0.2, 0.25) is 0 Å². The van der Waals surface area contributed by atoms with Gasteiger partial charge in [0.25, 0.3) is 0 Å². The van der Waals surface area contributed by atoms with Gasteiger partial charge in [-0.1, -0.05) is 17.7 Å². The van der Waals surface area contributed by atoms with Gasteiger partial charge >= 0.3 is 0 Å². The van der Waals surface area contributed by atoms with Crippen LogP contribution < -0.4 is 5.73 Å². The zero-order chi connectivity index (χ0) is 13.8. The minimum atomic E-state index is -0.371. The van der Waals surface area contributed by atoms with Crippen LogP contribution in [0.5, 0.6) is 0 Å². The number of nitrogens with zero attached hydrogens (tertiary/aromatic N) is 2. The molecule has 1 aliphatic heterocycles. The molecule has 3 nitrogen and oxygen atoms in total. The van der Waals surface area contributed by atoms with E-state index in [9.17, 15) is 4.39 Å². The number of nitrogens with two attached hydrogens (primary N) is 1. The summed E-state index contributed by atoms with van der Waals surface area (Å²) in [6, 6.07) is 5.06. The van der Waals surface area contributed by atoms with Crippen molar-refractivity contribution < 1.29 is 4.39 Å². The summed E-state index contributed by atoms with van der Waals surface area (Å²) in [6.45, 7) is 4.57. The third-order valence-corrected chi connectivity index (χ3v) is 4.05. The van der Waals surface area contributed by atoms with Gasteiger partial charge in [0.1, 0.15) is 5.82 Å². The molecular weight excluding hydrogens is 265 g/mol. The molecule has 0 aliphatic carbocycles. The fourth-order valence-corrected chi connectivity index (χ4v) is 2.71. The Morgan fingerprint density at radius 1 is 1.32 bits per heavy atom. The molecule has 5 heteroatoms. The first-order chi connectivity index (χ1) is 9.11. The first-order valence-electron chi connectivity index (χ1n) is 6.69. The van der Waals surface area contributed by atoms with Crippen molar-refractivity contribution in [3.63, 3.8) is 0 Å². The first-order valence-corrected chi connectivity index (χ1v) is 7.07. The predicted molar refractivity (Wildman–Crippen MR) is 76.9 cm³/mol. The van der Waals surface area contributed by atoms with Crippen molar-refractivity contribution in [2.45, 2.75) is 12.5 Å². The van der Waals surface area contributed by atoms with E-state index in [2.05, 4.69) is 16.8 Å². The summed E-state index contributed by atoms with van der Waals surface area (Å²) in [5.74, 6) is -0.371. The number of hydrogen-bond acceptors (Lipinski definition) is 3. The maximum atomic E-state index is 13.6. The predicted octanol–water partition coefficient (Wildman–Crippen LogP) is 2.12. The van der Waals surface area contributed by atoms with Crippen LogP contribution in [0.2, 0.25) is 5.02 Å². The highest BCUT2D eigenvalue weighted by atomic mass is 35.5. The minimum Gasteiger partial charge on any atom is -0.329 e. The summed E-state index contributed by atoms with van der Waals surface area (Å²) in [6.07, 6.45) is 1.11. The highest BCUT2D eigenvalue weighted by molar-refractivity contribution is 6.30. The van der Waals surface area contributed by atoms with Crippen LogP contribution in [0, 0.1) is 5.82 Å². The molecule has 2 rings (SSSR count). The van der Waals surface area contributed by atoms with Gasteiger partial charge in [-0.25, -0.2) is 4.39 Å². The Hall–Kier alpha value is -0.680. The highest BCUT2D eigenvalue weighted by Gasteiger charge is 2.22. The van der Waals surface area contributed by atoms with E-state index in [-0.39, 0.29) is 16.9 Å². The second-order valence-electron chi connectivity index (χ2n) is 5.12. The topological polar surface area (TPSA) is 32.5 Å². The summed E-state index contributed by atoms with van der Waals surface area (Å²) in [5, 5.41) is 0.162. The van der Waals surface area contributed by atoms with Crippen LogP contribution in [0.25, 0.3) is 0 Å². The lowest BCUT2D eigenvalue weighted by molar-refractivity contribution is 0.207. The molecule has 2 N–H and O–H groups in total. The molecule has 1 fully saturated rings. The third-order valence-electron chi connectivity index (χ3n) is 3.75. The minimum absolute atomic E-state index is 0.0678. The van der Waals surface area contributed by atoms with Gasteiger partial charge in [0, 0.05) is 32.2 Å². The zero-order valence-electron chi connectivity index (χ0n) is 11.3. The SMILES string of the molecule is CN1CCCN(C(CN)c2ccc(Cl)c(F)c2)CC1. The second-order valence-corrected chi connectivity index (χ2v) is 5.53. The smallest absolute Gasteiger partial charge is 0.142 e. The Balaban J connectivity index is 2.16. The molecule has 1 aromatic carbocycles. The second kappa shape index (κ2) is 6.66. The lowest BCUT2D eigenvalue weighted by atomic mass is 10.0. The van der Waals surface area contributed by atoms with E-state index in [0.29, 0.717) is 6.54 Å². The molecular formula is C14H21ClFN3. The van der Waals surface area contributed by atoms with E-state index in [4.69, 9.17) is 17.3 Å². The van der Waals surface area contributed by atoms with Crippen molar-refractivity contribution in [3.05, 3.63) is 34.6 Å². The Morgan fingerprint density at radius 3 is 2.79 bits per heavy atom. The van der Waals surface area contributed by atoms with Gasteiger partial charge in [0.05, 0.1) is 5.02 Å². The standard InChI is InChI=1S/C14H21ClFN3/c1-18-5-2-6-19(8-7-18)14(10-17)11-3-4-12(15)13(16)9-11/h3-4,9,14H,2,5-8,10,17H2,1H3. The van der Waals surface area contributed by atoms with Crippen molar-refractivity contribution >= 4 is 11.6 Å². The molecule has 1 heterocycles. The van der Waals surface area contributed by atoms with E-state index in [1.54, 1.807) is 6.07 Å². The van der Waals surface area contributed by atoms with Gasteiger partial charge in [-0.05, 0) is 37.7 Å². The van der Waals surface area contributed by atoms with Gasteiger partial charge in [-0.3, -0.25) is 4.90 Å². The van der Waals surface area contributed by atoms with Crippen molar-refractivity contribution in [3.8, 4) is 0 Å². The van der Waals surface area contributed by atoms with E-state index < -0.39 is 0 Å². The third kappa shape index (κ3) is 3.66. The number of hydrogen-bond donors (Lipinski definition) is 1. The van der Waals surface area contributed by atoms with Crippen LogP contribution in [-0.2, 0) is 0 Å². The van der Waals surface area contributed by atoms with Crippen LogP contribution in [0.1, 0.15) is 18.0 Å². The fourth-order valence-electron chi connectivity index (χ4n) is 2.59. The maximum absolute atomic E-state index is 13.6. The van der Waals surface area contributed by atoms with Crippen LogP contribution in [0.3, 0.4) is 0 Å². The number of rotatable bonds is 3. The van der Waals surface area contributed by atoms with Gasteiger partial charge in [-0.2, -0.15) is 0 Å². The summed E-state index contributed by atoms with van der Waals surface area (Å²) in [4.78, 5) is 4.65. The molecule has 1 unspecified atom stereocenters. The number of halogens is 2. The molecule has 0 saturated carbocycles. The van der Waals surface area contributed by atoms with Crippen LogP contribution >= 0.6 is 11.6 Å². The summed E-state index contributed by atoms with van der Waals surface area (Å²) < 4.78 is 13.6. The molecule has 106 valence electrons. The fraction of sp³-hybridized carbons (Fsp3) is 0.571. The molecule has 0 aromatic heterocycles. The Morgan fingerprint density at radius 2 is 2.11 bits per heavy atom. The molecule has 0 bridgehead atoms.